The summed E-state index contributed by atoms with van der Waals surface area (Å²) in [6.45, 7) is 2.28. The minimum Gasteiger partial charge on any atom is -0.480 e. The van der Waals surface area contributed by atoms with E-state index in [1.165, 1.54) is 11.8 Å². The second-order valence-corrected chi connectivity index (χ2v) is 4.10. The number of carbonyl (C=O) groups is 2. The van der Waals surface area contributed by atoms with Crippen LogP contribution >= 0.6 is 0 Å². The van der Waals surface area contributed by atoms with Crippen LogP contribution in [0.4, 0.5) is 4.79 Å². The van der Waals surface area contributed by atoms with E-state index in [0.717, 1.165) is 6.42 Å². The number of nitrogens with zero attached hydrogens (tertiary/aromatic N) is 1. The fraction of sp³-hybridized carbons (Fsp3) is 0.800. The van der Waals surface area contributed by atoms with Crippen molar-refractivity contribution in [3.05, 3.63) is 0 Å². The molecule has 0 aliphatic carbocycles. The average molecular weight is 246 g/mol. The first-order chi connectivity index (χ1) is 7.95. The summed E-state index contributed by atoms with van der Waals surface area (Å²) in [7, 11) is 1.57. The molecule has 1 saturated heterocycles. The van der Waals surface area contributed by atoms with Crippen molar-refractivity contribution in [1.29, 1.82) is 0 Å². The number of aliphatic carboxylic acids is 1. The highest BCUT2D eigenvalue weighted by molar-refractivity contribution is 5.83. The normalized spacial score (nSPS) is 23.2. The highest BCUT2D eigenvalue weighted by Gasteiger charge is 2.30. The predicted octanol–water partition coefficient (Wildman–Crippen LogP) is -0.749. The zero-order chi connectivity index (χ0) is 13.0. The highest BCUT2D eigenvalue weighted by atomic mass is 16.5. The standard InChI is InChI=1S/C10H18N2O5/c1-6(13)8(9(14)15)11-10(16)12-4-3-7(5-12)17-2/h6-8,13H,3-5H2,1-2H3,(H,11,16)(H,14,15). The summed E-state index contributed by atoms with van der Waals surface area (Å²) in [4.78, 5) is 24.0. The number of carboxylic acids is 1. The molecule has 1 rings (SSSR count). The second-order valence-electron chi connectivity index (χ2n) is 4.10. The van der Waals surface area contributed by atoms with Gasteiger partial charge in [0.05, 0.1) is 12.2 Å². The molecule has 1 fully saturated rings. The quantitative estimate of drug-likeness (QED) is 0.606. The smallest absolute Gasteiger partial charge is 0.328 e. The van der Waals surface area contributed by atoms with Gasteiger partial charge in [-0.05, 0) is 13.3 Å². The maximum atomic E-state index is 11.7. The molecule has 17 heavy (non-hydrogen) atoms. The molecule has 0 aromatic rings. The third kappa shape index (κ3) is 3.57. The van der Waals surface area contributed by atoms with Crippen LogP contribution in [0.5, 0.6) is 0 Å². The molecule has 1 aliphatic rings. The van der Waals surface area contributed by atoms with E-state index in [-0.39, 0.29) is 6.10 Å². The van der Waals surface area contributed by atoms with E-state index in [4.69, 9.17) is 9.84 Å². The van der Waals surface area contributed by atoms with Crippen molar-refractivity contribution in [3.8, 4) is 0 Å². The fourth-order valence-electron chi connectivity index (χ4n) is 1.72. The van der Waals surface area contributed by atoms with Gasteiger partial charge in [0.15, 0.2) is 6.04 Å². The van der Waals surface area contributed by atoms with Crippen LogP contribution in [0.1, 0.15) is 13.3 Å². The van der Waals surface area contributed by atoms with Gasteiger partial charge in [0.25, 0.3) is 0 Å². The van der Waals surface area contributed by atoms with Gasteiger partial charge < -0.3 is 25.2 Å². The molecule has 0 saturated carbocycles. The lowest BCUT2D eigenvalue weighted by molar-refractivity contribution is -0.141. The molecule has 98 valence electrons. The van der Waals surface area contributed by atoms with Gasteiger partial charge in [0.1, 0.15) is 0 Å². The van der Waals surface area contributed by atoms with Crippen LogP contribution in [0.15, 0.2) is 0 Å². The topological polar surface area (TPSA) is 99.1 Å². The summed E-state index contributed by atoms with van der Waals surface area (Å²) in [5, 5.41) is 20.3. The Bertz CT molecular complexity index is 294. The molecule has 0 radical (unpaired) electrons. The van der Waals surface area contributed by atoms with Crippen LogP contribution < -0.4 is 5.32 Å². The molecule has 0 bridgehead atoms. The Morgan fingerprint density at radius 3 is 2.59 bits per heavy atom. The third-order valence-electron chi connectivity index (χ3n) is 2.79. The third-order valence-corrected chi connectivity index (χ3v) is 2.79. The van der Waals surface area contributed by atoms with E-state index in [1.54, 1.807) is 7.11 Å². The zero-order valence-corrected chi connectivity index (χ0v) is 9.92. The number of hydrogen-bond donors (Lipinski definition) is 3. The number of carbonyl (C=O) groups excluding carboxylic acids is 1. The van der Waals surface area contributed by atoms with Crippen LogP contribution in [-0.2, 0) is 9.53 Å². The number of methoxy groups -OCH3 is 1. The Morgan fingerprint density at radius 2 is 2.18 bits per heavy atom. The van der Waals surface area contributed by atoms with Gasteiger partial charge >= 0.3 is 12.0 Å². The Hall–Kier alpha value is -1.34. The van der Waals surface area contributed by atoms with Gasteiger partial charge in [0.2, 0.25) is 0 Å². The van der Waals surface area contributed by atoms with Gasteiger partial charge in [-0.1, -0.05) is 0 Å². The summed E-state index contributed by atoms with van der Waals surface area (Å²) < 4.78 is 5.10. The van der Waals surface area contributed by atoms with Gasteiger partial charge in [-0.2, -0.15) is 0 Å². The molecule has 0 aromatic carbocycles. The van der Waals surface area contributed by atoms with Crippen molar-refractivity contribution in [2.24, 2.45) is 0 Å². The molecule has 0 aromatic heterocycles. The number of aliphatic hydroxyl groups excluding tert-OH is 1. The predicted molar refractivity (Wildman–Crippen MR) is 58.6 cm³/mol. The fourth-order valence-corrected chi connectivity index (χ4v) is 1.72. The Balaban J connectivity index is 2.51. The van der Waals surface area contributed by atoms with E-state index >= 15 is 0 Å². The van der Waals surface area contributed by atoms with Gasteiger partial charge in [-0.15, -0.1) is 0 Å². The summed E-state index contributed by atoms with van der Waals surface area (Å²) in [6.07, 6.45) is -0.413. The first-order valence-corrected chi connectivity index (χ1v) is 5.44. The van der Waals surface area contributed by atoms with Crippen LogP contribution in [0.25, 0.3) is 0 Å². The second kappa shape index (κ2) is 5.83. The SMILES string of the molecule is COC1CCN(C(=O)NC(C(=O)O)C(C)O)C1. The Morgan fingerprint density at radius 1 is 1.53 bits per heavy atom. The van der Waals surface area contributed by atoms with Gasteiger partial charge in [-0.3, -0.25) is 0 Å². The lowest BCUT2D eigenvalue weighted by Crippen LogP contribution is -2.52. The van der Waals surface area contributed by atoms with Crippen molar-refractivity contribution >= 4 is 12.0 Å². The van der Waals surface area contributed by atoms with Crippen molar-refractivity contribution in [2.45, 2.75) is 31.6 Å². The average Bonchev–Trinajstić information content (AvgIpc) is 2.73. The minimum atomic E-state index is -1.29. The van der Waals surface area contributed by atoms with Crippen LogP contribution in [0.2, 0.25) is 0 Å². The number of carboxylic acid groups (broad SMARTS) is 1. The van der Waals surface area contributed by atoms with Gasteiger partial charge in [-0.25, -0.2) is 9.59 Å². The van der Waals surface area contributed by atoms with Crippen LogP contribution in [0.3, 0.4) is 0 Å². The van der Waals surface area contributed by atoms with Crippen molar-refractivity contribution in [3.63, 3.8) is 0 Å². The molecule has 3 N–H and O–H groups in total. The van der Waals surface area contributed by atoms with Crippen molar-refractivity contribution in [1.82, 2.24) is 10.2 Å². The first-order valence-electron chi connectivity index (χ1n) is 5.44. The van der Waals surface area contributed by atoms with E-state index in [1.807, 2.05) is 0 Å². The van der Waals surface area contributed by atoms with E-state index in [0.29, 0.717) is 13.1 Å². The summed E-state index contributed by atoms with van der Waals surface area (Å²) in [5.74, 6) is -1.25. The molecule has 3 atom stereocenters. The van der Waals surface area contributed by atoms with Gasteiger partial charge in [0, 0.05) is 20.2 Å². The van der Waals surface area contributed by atoms with Crippen molar-refractivity contribution < 1.29 is 24.5 Å². The maximum Gasteiger partial charge on any atom is 0.328 e. The van der Waals surface area contributed by atoms with Crippen molar-refractivity contribution in [2.75, 3.05) is 20.2 Å². The molecule has 2 amide bonds. The van der Waals surface area contributed by atoms with E-state index < -0.39 is 24.1 Å². The number of rotatable bonds is 4. The molecule has 1 aliphatic heterocycles. The molecule has 0 spiro atoms. The molecule has 1 heterocycles. The number of hydrogen-bond acceptors (Lipinski definition) is 4. The molecule has 3 unspecified atom stereocenters. The summed E-state index contributed by atoms with van der Waals surface area (Å²) in [5.41, 5.74) is 0. The van der Waals surface area contributed by atoms with E-state index in [9.17, 15) is 14.7 Å². The largest absolute Gasteiger partial charge is 0.480 e. The monoisotopic (exact) mass is 246 g/mol. The Kier molecular flexibility index (Phi) is 4.71. The number of likely N-dealkylation sites (tertiary alicyclic amines) is 1. The maximum absolute atomic E-state index is 11.7. The summed E-state index contributed by atoms with van der Waals surface area (Å²) in [6, 6.07) is -1.78. The number of aliphatic hydroxyl groups is 1. The lowest BCUT2D eigenvalue weighted by atomic mass is 10.2. The molecular formula is C10H18N2O5. The number of urea groups is 1. The van der Waals surface area contributed by atoms with Crippen LogP contribution in [0, 0.1) is 0 Å². The van der Waals surface area contributed by atoms with E-state index in [2.05, 4.69) is 5.32 Å². The lowest BCUT2D eigenvalue weighted by Gasteiger charge is -2.22. The number of nitrogens with one attached hydrogen (secondary N) is 1. The molecular weight excluding hydrogens is 228 g/mol. The highest BCUT2D eigenvalue weighted by Crippen LogP contribution is 2.12. The summed E-state index contributed by atoms with van der Waals surface area (Å²) >= 11 is 0. The molecule has 7 nitrogen and oxygen atoms in total. The first kappa shape index (κ1) is 13.7. The molecule has 7 heteroatoms. The zero-order valence-electron chi connectivity index (χ0n) is 9.92. The number of ether oxygens (including phenoxy) is 1. The van der Waals surface area contributed by atoms with Crippen LogP contribution in [-0.4, -0.2) is 65.6 Å². The Labute approximate surface area is 99.4 Å². The minimum absolute atomic E-state index is 0.00409. The number of amides is 2.